The molecule has 0 radical (unpaired) electrons. The zero-order valence-electron chi connectivity index (χ0n) is 15.1. The maximum absolute atomic E-state index is 12.4. The van der Waals surface area contributed by atoms with E-state index in [1.54, 1.807) is 23.9 Å². The SMILES string of the molecule is O=C(NCC1CCN(C(=O)CSc2ccccc2)CC1)c1ccc(O)cc1. The normalized spacial score (nSPS) is 14.7. The molecule has 1 heterocycles. The molecule has 0 bridgehead atoms. The second-order valence-corrected chi connectivity index (χ2v) is 7.73. The monoisotopic (exact) mass is 384 g/mol. The van der Waals surface area contributed by atoms with Gasteiger partial charge in [-0.2, -0.15) is 0 Å². The summed E-state index contributed by atoms with van der Waals surface area (Å²) in [6.07, 6.45) is 1.80. The first-order chi connectivity index (χ1) is 13.1. The van der Waals surface area contributed by atoms with Crippen LogP contribution in [0.5, 0.6) is 5.75 Å². The van der Waals surface area contributed by atoms with E-state index in [1.165, 1.54) is 12.1 Å². The van der Waals surface area contributed by atoms with Crippen LogP contribution in [0.4, 0.5) is 0 Å². The van der Waals surface area contributed by atoms with Crippen molar-refractivity contribution in [1.29, 1.82) is 0 Å². The first kappa shape index (κ1) is 19.3. The lowest BCUT2D eigenvalue weighted by molar-refractivity contribution is -0.129. The van der Waals surface area contributed by atoms with Crippen molar-refractivity contribution in [3.63, 3.8) is 0 Å². The van der Waals surface area contributed by atoms with E-state index in [0.717, 1.165) is 30.8 Å². The maximum atomic E-state index is 12.4. The first-order valence-electron chi connectivity index (χ1n) is 9.14. The van der Waals surface area contributed by atoms with Crippen molar-refractivity contribution in [2.24, 2.45) is 5.92 Å². The van der Waals surface area contributed by atoms with Crippen LogP contribution in [0.1, 0.15) is 23.2 Å². The number of carbonyl (C=O) groups is 2. The van der Waals surface area contributed by atoms with Gasteiger partial charge in [-0.3, -0.25) is 9.59 Å². The Morgan fingerprint density at radius 1 is 1.04 bits per heavy atom. The Kier molecular flexibility index (Phi) is 6.76. The van der Waals surface area contributed by atoms with E-state index in [-0.39, 0.29) is 17.6 Å². The smallest absolute Gasteiger partial charge is 0.251 e. The van der Waals surface area contributed by atoms with Crippen LogP contribution in [0.15, 0.2) is 59.5 Å². The van der Waals surface area contributed by atoms with E-state index in [9.17, 15) is 14.7 Å². The number of carbonyl (C=O) groups excluding carboxylic acids is 2. The van der Waals surface area contributed by atoms with Gasteiger partial charge in [0, 0.05) is 30.1 Å². The molecule has 2 aromatic rings. The molecule has 2 N–H and O–H groups in total. The summed E-state index contributed by atoms with van der Waals surface area (Å²) in [6.45, 7) is 2.10. The summed E-state index contributed by atoms with van der Waals surface area (Å²) in [5, 5.41) is 12.2. The number of thioether (sulfide) groups is 1. The Labute approximate surface area is 163 Å². The summed E-state index contributed by atoms with van der Waals surface area (Å²) in [5.41, 5.74) is 0.540. The number of nitrogens with zero attached hydrogens (tertiary/aromatic N) is 1. The molecule has 142 valence electrons. The molecule has 5 nitrogen and oxygen atoms in total. The molecule has 2 amide bonds. The van der Waals surface area contributed by atoms with Crippen molar-refractivity contribution < 1.29 is 14.7 Å². The minimum absolute atomic E-state index is 0.132. The van der Waals surface area contributed by atoms with Crippen molar-refractivity contribution in [1.82, 2.24) is 10.2 Å². The predicted octanol–water partition coefficient (Wildman–Crippen LogP) is 3.15. The van der Waals surface area contributed by atoms with Crippen LogP contribution >= 0.6 is 11.8 Å². The fourth-order valence-electron chi connectivity index (χ4n) is 3.09. The largest absolute Gasteiger partial charge is 0.508 e. The Morgan fingerprint density at radius 2 is 1.70 bits per heavy atom. The van der Waals surface area contributed by atoms with Gasteiger partial charge < -0.3 is 15.3 Å². The highest BCUT2D eigenvalue weighted by Gasteiger charge is 2.23. The lowest BCUT2D eigenvalue weighted by atomic mass is 9.96. The lowest BCUT2D eigenvalue weighted by Gasteiger charge is -2.32. The molecule has 3 rings (SSSR count). The number of piperidine rings is 1. The fourth-order valence-corrected chi connectivity index (χ4v) is 3.91. The molecule has 0 atom stereocenters. The van der Waals surface area contributed by atoms with Crippen LogP contribution in [0.25, 0.3) is 0 Å². The van der Waals surface area contributed by atoms with Gasteiger partial charge in [-0.1, -0.05) is 18.2 Å². The number of benzene rings is 2. The fraction of sp³-hybridized carbons (Fsp3) is 0.333. The molecular formula is C21H24N2O3S. The molecule has 0 saturated carbocycles. The lowest BCUT2D eigenvalue weighted by Crippen LogP contribution is -2.42. The Bertz CT molecular complexity index is 757. The molecule has 0 spiro atoms. The molecule has 0 unspecified atom stereocenters. The van der Waals surface area contributed by atoms with Gasteiger partial charge in [0.05, 0.1) is 5.75 Å². The second kappa shape index (κ2) is 9.46. The van der Waals surface area contributed by atoms with E-state index in [0.29, 0.717) is 23.8 Å². The first-order valence-corrected chi connectivity index (χ1v) is 10.1. The zero-order chi connectivity index (χ0) is 19.1. The van der Waals surface area contributed by atoms with Crippen molar-refractivity contribution in [2.45, 2.75) is 17.7 Å². The number of rotatable bonds is 6. The number of aromatic hydroxyl groups is 1. The standard InChI is InChI=1S/C21H24N2O3S/c24-18-8-6-17(7-9-18)21(26)22-14-16-10-12-23(13-11-16)20(25)15-27-19-4-2-1-3-5-19/h1-9,16,24H,10-15H2,(H,22,26). The van der Waals surface area contributed by atoms with Gasteiger partial charge in [0.2, 0.25) is 5.91 Å². The Balaban J connectivity index is 1.37. The third kappa shape index (κ3) is 5.76. The highest BCUT2D eigenvalue weighted by molar-refractivity contribution is 8.00. The average molecular weight is 385 g/mol. The number of likely N-dealkylation sites (tertiary alicyclic amines) is 1. The van der Waals surface area contributed by atoms with Gasteiger partial charge in [-0.15, -0.1) is 11.8 Å². The molecule has 27 heavy (non-hydrogen) atoms. The molecule has 1 saturated heterocycles. The quantitative estimate of drug-likeness (QED) is 0.751. The summed E-state index contributed by atoms with van der Waals surface area (Å²) in [4.78, 5) is 27.5. The molecule has 1 fully saturated rings. The molecule has 6 heteroatoms. The summed E-state index contributed by atoms with van der Waals surface area (Å²) < 4.78 is 0. The van der Waals surface area contributed by atoms with Crippen molar-refractivity contribution in [3.05, 3.63) is 60.2 Å². The third-order valence-electron chi connectivity index (χ3n) is 4.75. The van der Waals surface area contributed by atoms with E-state index in [4.69, 9.17) is 0 Å². The van der Waals surface area contributed by atoms with Crippen LogP contribution in [-0.2, 0) is 4.79 Å². The number of nitrogens with one attached hydrogen (secondary N) is 1. The molecule has 1 aliphatic rings. The molecule has 1 aliphatic heterocycles. The van der Waals surface area contributed by atoms with E-state index >= 15 is 0 Å². The van der Waals surface area contributed by atoms with Crippen LogP contribution in [-0.4, -0.2) is 47.2 Å². The van der Waals surface area contributed by atoms with Gasteiger partial charge in [-0.25, -0.2) is 0 Å². The van der Waals surface area contributed by atoms with E-state index in [2.05, 4.69) is 5.32 Å². The Hall–Kier alpha value is -2.47. The predicted molar refractivity (Wildman–Crippen MR) is 107 cm³/mol. The number of hydrogen-bond donors (Lipinski definition) is 2. The molecule has 0 aliphatic carbocycles. The maximum Gasteiger partial charge on any atom is 0.251 e. The van der Waals surface area contributed by atoms with Crippen LogP contribution in [0, 0.1) is 5.92 Å². The molecular weight excluding hydrogens is 360 g/mol. The minimum Gasteiger partial charge on any atom is -0.508 e. The molecule has 2 aromatic carbocycles. The van der Waals surface area contributed by atoms with E-state index < -0.39 is 0 Å². The number of phenols is 1. The summed E-state index contributed by atoms with van der Waals surface area (Å²) in [5.74, 6) is 1.04. The topological polar surface area (TPSA) is 69.6 Å². The van der Waals surface area contributed by atoms with E-state index in [1.807, 2.05) is 35.2 Å². The van der Waals surface area contributed by atoms with Gasteiger partial charge >= 0.3 is 0 Å². The highest BCUT2D eigenvalue weighted by atomic mass is 32.2. The second-order valence-electron chi connectivity index (χ2n) is 6.68. The van der Waals surface area contributed by atoms with Gasteiger partial charge in [0.25, 0.3) is 5.91 Å². The van der Waals surface area contributed by atoms with Crippen molar-refractivity contribution in [2.75, 3.05) is 25.4 Å². The summed E-state index contributed by atoms with van der Waals surface area (Å²) >= 11 is 1.57. The molecule has 0 aromatic heterocycles. The zero-order valence-corrected chi connectivity index (χ0v) is 16.0. The number of phenolic OH excluding ortho intramolecular Hbond substituents is 1. The summed E-state index contributed by atoms with van der Waals surface area (Å²) in [6, 6.07) is 16.2. The van der Waals surface area contributed by atoms with Crippen LogP contribution < -0.4 is 5.32 Å². The van der Waals surface area contributed by atoms with Gasteiger partial charge in [0.15, 0.2) is 0 Å². The highest BCUT2D eigenvalue weighted by Crippen LogP contribution is 2.21. The minimum atomic E-state index is -0.132. The van der Waals surface area contributed by atoms with Crippen LogP contribution in [0.2, 0.25) is 0 Å². The van der Waals surface area contributed by atoms with Crippen molar-refractivity contribution >= 4 is 23.6 Å². The summed E-state index contributed by atoms with van der Waals surface area (Å²) in [7, 11) is 0. The number of hydrogen-bond acceptors (Lipinski definition) is 4. The van der Waals surface area contributed by atoms with Gasteiger partial charge in [0.1, 0.15) is 5.75 Å². The van der Waals surface area contributed by atoms with Gasteiger partial charge in [-0.05, 0) is 55.2 Å². The average Bonchev–Trinajstić information content (AvgIpc) is 2.72. The Morgan fingerprint density at radius 3 is 2.37 bits per heavy atom. The van der Waals surface area contributed by atoms with Crippen LogP contribution in [0.3, 0.4) is 0 Å². The number of amides is 2. The van der Waals surface area contributed by atoms with Crippen molar-refractivity contribution in [3.8, 4) is 5.75 Å². The third-order valence-corrected chi connectivity index (χ3v) is 5.75.